The molecule has 1 aromatic carbocycles. The lowest BCUT2D eigenvalue weighted by molar-refractivity contribution is 1.02. The number of hydrogen-bond donors (Lipinski definition) is 2. The maximum atomic E-state index is 5.76. The summed E-state index contributed by atoms with van der Waals surface area (Å²) in [6.45, 7) is 0.909. The number of hydrogen-bond acceptors (Lipinski definition) is 5. The summed E-state index contributed by atoms with van der Waals surface area (Å²) in [7, 11) is 0. The van der Waals surface area contributed by atoms with Gasteiger partial charge in [-0.25, -0.2) is 4.98 Å². The predicted octanol–water partition coefficient (Wildman–Crippen LogP) is 3.59. The summed E-state index contributed by atoms with van der Waals surface area (Å²) in [5, 5.41) is 8.61. The fraction of sp³-hybridized carbons (Fsp3) is 0.154. The van der Waals surface area contributed by atoms with E-state index in [1.807, 2.05) is 18.2 Å². The van der Waals surface area contributed by atoms with Gasteiger partial charge in [-0.15, -0.1) is 0 Å². The van der Waals surface area contributed by atoms with Crippen molar-refractivity contribution in [2.24, 2.45) is 0 Å². The second-order valence-corrected chi connectivity index (χ2v) is 5.87. The molecule has 2 aromatic heterocycles. The third-order valence-corrected chi connectivity index (χ3v) is 4.39. The standard InChI is InChI=1S/C13H13N3S2/c14-10-1-2-11-12(7-10)18-13(16-11)15-5-3-9-4-6-17-8-9/h1-2,4,6-8H,3,5,14H2,(H,15,16). The smallest absolute Gasteiger partial charge is 0.183 e. The van der Waals surface area contributed by atoms with Crippen molar-refractivity contribution in [3.63, 3.8) is 0 Å². The normalized spacial score (nSPS) is 10.9. The van der Waals surface area contributed by atoms with Crippen molar-refractivity contribution in [1.82, 2.24) is 4.98 Å². The predicted molar refractivity (Wildman–Crippen MR) is 80.5 cm³/mol. The fourth-order valence-electron chi connectivity index (χ4n) is 1.77. The van der Waals surface area contributed by atoms with Crippen LogP contribution in [-0.4, -0.2) is 11.5 Å². The Morgan fingerprint density at radius 3 is 3.06 bits per heavy atom. The number of thiophene rings is 1. The number of benzene rings is 1. The van der Waals surface area contributed by atoms with Crippen LogP contribution in [0.4, 0.5) is 10.8 Å². The Labute approximate surface area is 113 Å². The highest BCUT2D eigenvalue weighted by Gasteiger charge is 2.03. The Balaban J connectivity index is 1.67. The number of fused-ring (bicyclic) bond motifs is 1. The maximum absolute atomic E-state index is 5.76. The number of anilines is 2. The summed E-state index contributed by atoms with van der Waals surface area (Å²) >= 11 is 3.39. The van der Waals surface area contributed by atoms with Crippen LogP contribution >= 0.6 is 22.7 Å². The van der Waals surface area contributed by atoms with Crippen LogP contribution in [0.1, 0.15) is 5.56 Å². The highest BCUT2D eigenvalue weighted by Crippen LogP contribution is 2.27. The van der Waals surface area contributed by atoms with Crippen molar-refractivity contribution in [2.45, 2.75) is 6.42 Å². The minimum absolute atomic E-state index is 0.788. The van der Waals surface area contributed by atoms with E-state index in [-0.39, 0.29) is 0 Å². The van der Waals surface area contributed by atoms with E-state index >= 15 is 0 Å². The zero-order valence-electron chi connectivity index (χ0n) is 9.72. The van der Waals surface area contributed by atoms with Gasteiger partial charge in [0.25, 0.3) is 0 Å². The van der Waals surface area contributed by atoms with Gasteiger partial charge in [0.15, 0.2) is 5.13 Å². The SMILES string of the molecule is Nc1ccc2nc(NCCc3ccsc3)sc2c1. The molecule has 3 N–H and O–H groups in total. The van der Waals surface area contributed by atoms with Crippen molar-refractivity contribution in [2.75, 3.05) is 17.6 Å². The van der Waals surface area contributed by atoms with Crippen LogP contribution in [0.15, 0.2) is 35.0 Å². The van der Waals surface area contributed by atoms with Crippen molar-refractivity contribution >= 4 is 43.7 Å². The van der Waals surface area contributed by atoms with Gasteiger partial charge >= 0.3 is 0 Å². The minimum atomic E-state index is 0.788. The Kier molecular flexibility index (Phi) is 3.17. The molecular formula is C13H13N3S2. The van der Waals surface area contributed by atoms with Crippen LogP contribution in [0.3, 0.4) is 0 Å². The molecule has 0 bridgehead atoms. The lowest BCUT2D eigenvalue weighted by atomic mass is 10.2. The Morgan fingerprint density at radius 2 is 2.22 bits per heavy atom. The molecule has 2 heterocycles. The van der Waals surface area contributed by atoms with Gasteiger partial charge in [0.1, 0.15) is 0 Å². The summed E-state index contributed by atoms with van der Waals surface area (Å²) in [5.41, 5.74) is 8.92. The molecule has 0 atom stereocenters. The largest absolute Gasteiger partial charge is 0.399 e. The lowest BCUT2D eigenvalue weighted by Crippen LogP contribution is -2.03. The molecule has 0 saturated heterocycles. The van der Waals surface area contributed by atoms with Crippen molar-refractivity contribution in [3.8, 4) is 0 Å². The van der Waals surface area contributed by atoms with Gasteiger partial charge in [-0.05, 0) is 47.0 Å². The molecule has 5 heteroatoms. The highest BCUT2D eigenvalue weighted by molar-refractivity contribution is 7.22. The summed E-state index contributed by atoms with van der Waals surface area (Å²) in [4.78, 5) is 4.53. The van der Waals surface area contributed by atoms with Crippen molar-refractivity contribution in [3.05, 3.63) is 40.6 Å². The first-order chi connectivity index (χ1) is 8.81. The fourth-order valence-corrected chi connectivity index (χ4v) is 3.41. The molecule has 18 heavy (non-hydrogen) atoms. The number of nitrogens with one attached hydrogen (secondary N) is 1. The van der Waals surface area contributed by atoms with Crippen LogP contribution in [-0.2, 0) is 6.42 Å². The van der Waals surface area contributed by atoms with Crippen LogP contribution < -0.4 is 11.1 Å². The van der Waals surface area contributed by atoms with Crippen LogP contribution in [0.2, 0.25) is 0 Å². The average Bonchev–Trinajstić information content (AvgIpc) is 2.97. The molecule has 92 valence electrons. The number of nitrogens with two attached hydrogens (primary N) is 1. The summed E-state index contributed by atoms with van der Waals surface area (Å²) < 4.78 is 1.13. The van der Waals surface area contributed by atoms with Crippen LogP contribution in [0.25, 0.3) is 10.2 Å². The highest BCUT2D eigenvalue weighted by atomic mass is 32.1. The molecule has 3 nitrogen and oxygen atoms in total. The molecular weight excluding hydrogens is 262 g/mol. The monoisotopic (exact) mass is 275 g/mol. The van der Waals surface area contributed by atoms with E-state index < -0.39 is 0 Å². The van der Waals surface area contributed by atoms with E-state index in [9.17, 15) is 0 Å². The molecule has 0 amide bonds. The topological polar surface area (TPSA) is 50.9 Å². The average molecular weight is 275 g/mol. The zero-order chi connectivity index (χ0) is 12.4. The molecule has 0 aliphatic rings. The molecule has 0 spiro atoms. The van der Waals surface area contributed by atoms with E-state index in [2.05, 4.69) is 27.1 Å². The van der Waals surface area contributed by atoms with E-state index in [1.165, 1.54) is 5.56 Å². The number of rotatable bonds is 4. The van der Waals surface area contributed by atoms with Crippen molar-refractivity contribution < 1.29 is 0 Å². The van der Waals surface area contributed by atoms with Crippen LogP contribution in [0, 0.1) is 0 Å². The number of thiazole rings is 1. The van der Waals surface area contributed by atoms with E-state index in [1.54, 1.807) is 22.7 Å². The molecule has 0 aliphatic heterocycles. The van der Waals surface area contributed by atoms with Gasteiger partial charge < -0.3 is 11.1 Å². The summed E-state index contributed by atoms with van der Waals surface area (Å²) in [6, 6.07) is 7.98. The number of nitrogens with zero attached hydrogens (tertiary/aromatic N) is 1. The number of nitrogen functional groups attached to an aromatic ring is 1. The first-order valence-corrected chi connectivity index (χ1v) is 7.48. The first kappa shape index (κ1) is 11.5. The Morgan fingerprint density at radius 1 is 1.28 bits per heavy atom. The van der Waals surface area contributed by atoms with Gasteiger partial charge in [0, 0.05) is 12.2 Å². The van der Waals surface area contributed by atoms with Gasteiger partial charge in [0.2, 0.25) is 0 Å². The van der Waals surface area contributed by atoms with E-state index in [0.29, 0.717) is 0 Å². The molecule has 0 aliphatic carbocycles. The molecule has 0 unspecified atom stereocenters. The Bertz CT molecular complexity index is 643. The molecule has 0 fully saturated rings. The van der Waals surface area contributed by atoms with Gasteiger partial charge in [-0.1, -0.05) is 11.3 Å². The molecule has 0 saturated carbocycles. The van der Waals surface area contributed by atoms with Crippen LogP contribution in [0.5, 0.6) is 0 Å². The van der Waals surface area contributed by atoms with Gasteiger partial charge in [-0.2, -0.15) is 11.3 Å². The molecule has 3 aromatic rings. The molecule has 0 radical (unpaired) electrons. The maximum Gasteiger partial charge on any atom is 0.183 e. The molecule has 3 rings (SSSR count). The van der Waals surface area contributed by atoms with Gasteiger partial charge in [-0.3, -0.25) is 0 Å². The summed E-state index contributed by atoms with van der Waals surface area (Å²) in [6.07, 6.45) is 1.03. The second-order valence-electron chi connectivity index (χ2n) is 4.05. The minimum Gasteiger partial charge on any atom is -0.399 e. The first-order valence-electron chi connectivity index (χ1n) is 5.72. The number of aromatic nitrogens is 1. The second kappa shape index (κ2) is 4.96. The lowest BCUT2D eigenvalue weighted by Gasteiger charge is -1.99. The third kappa shape index (κ3) is 2.47. The van der Waals surface area contributed by atoms with Crippen molar-refractivity contribution in [1.29, 1.82) is 0 Å². The van der Waals surface area contributed by atoms with E-state index in [0.717, 1.165) is 34.0 Å². The summed E-state index contributed by atoms with van der Waals surface area (Å²) in [5.74, 6) is 0. The van der Waals surface area contributed by atoms with E-state index in [4.69, 9.17) is 5.73 Å². The zero-order valence-corrected chi connectivity index (χ0v) is 11.4. The quantitative estimate of drug-likeness (QED) is 0.715. The Hall–Kier alpha value is -1.59. The van der Waals surface area contributed by atoms with Gasteiger partial charge in [0.05, 0.1) is 10.2 Å². The third-order valence-electron chi connectivity index (χ3n) is 2.68.